The minimum Gasteiger partial charge on any atom is -0.464 e. The molecule has 2 fully saturated rings. The molecule has 7 heteroatoms. The van der Waals surface area contributed by atoms with E-state index >= 15 is 0 Å². The van der Waals surface area contributed by atoms with E-state index in [1.807, 2.05) is 47.9 Å². The van der Waals surface area contributed by atoms with Gasteiger partial charge in [-0.1, -0.05) is 31.4 Å². The molecule has 34 heavy (non-hydrogen) atoms. The molecule has 0 N–H and O–H groups in total. The summed E-state index contributed by atoms with van der Waals surface area (Å²) in [4.78, 5) is 39.2. The lowest BCUT2D eigenvalue weighted by atomic mass is 9.58. The summed E-state index contributed by atoms with van der Waals surface area (Å²) in [5.74, 6) is 0.823. The molecule has 7 nitrogen and oxygen atoms in total. The van der Waals surface area contributed by atoms with E-state index in [2.05, 4.69) is 9.97 Å². The van der Waals surface area contributed by atoms with Gasteiger partial charge >= 0.3 is 5.97 Å². The van der Waals surface area contributed by atoms with Crippen molar-refractivity contribution in [2.75, 3.05) is 6.61 Å². The second-order valence-electron chi connectivity index (χ2n) is 9.30. The van der Waals surface area contributed by atoms with E-state index in [-0.39, 0.29) is 11.8 Å². The molecule has 0 bridgehead atoms. The molecular formula is C27H30N4O3. The number of rotatable bonds is 6. The minimum absolute atomic E-state index is 0.287. The monoisotopic (exact) mass is 458 g/mol. The molecule has 2 aliphatic carbocycles. The Hall–Kier alpha value is -3.35. The van der Waals surface area contributed by atoms with E-state index in [0.29, 0.717) is 19.4 Å². The van der Waals surface area contributed by atoms with Crippen molar-refractivity contribution in [3.63, 3.8) is 0 Å². The predicted molar refractivity (Wildman–Crippen MR) is 130 cm³/mol. The van der Waals surface area contributed by atoms with Crippen LogP contribution in [0.2, 0.25) is 0 Å². The first-order chi connectivity index (χ1) is 16.5. The summed E-state index contributed by atoms with van der Waals surface area (Å²) in [6.45, 7) is 4.07. The van der Waals surface area contributed by atoms with Gasteiger partial charge in [-0.2, -0.15) is 0 Å². The molecule has 1 atom stereocenters. The SMILES string of the molecule is CCOC(=O)[C@H](Cc1ccc(-n2c(C)nc3cccnc32)cc1)N=C1CC(=O)C12CCCCC2. The van der Waals surface area contributed by atoms with Gasteiger partial charge in [-0.15, -0.1) is 0 Å². The van der Waals surface area contributed by atoms with Gasteiger partial charge in [0.05, 0.1) is 12.0 Å². The molecule has 0 unspecified atom stereocenters. The van der Waals surface area contributed by atoms with Crippen molar-refractivity contribution in [2.45, 2.75) is 64.8 Å². The zero-order valence-electron chi connectivity index (χ0n) is 19.8. The van der Waals surface area contributed by atoms with Crippen molar-refractivity contribution in [1.29, 1.82) is 0 Å². The average Bonchev–Trinajstić information content (AvgIpc) is 3.20. The molecule has 0 amide bonds. The van der Waals surface area contributed by atoms with E-state index in [4.69, 9.17) is 9.73 Å². The number of aromatic nitrogens is 3. The van der Waals surface area contributed by atoms with Gasteiger partial charge in [0.15, 0.2) is 11.7 Å². The maximum absolute atomic E-state index is 12.8. The number of carbonyl (C=O) groups excluding carboxylic acids is 2. The topological polar surface area (TPSA) is 86.4 Å². The van der Waals surface area contributed by atoms with Gasteiger partial charge in [-0.05, 0) is 56.5 Å². The molecule has 2 heterocycles. The highest BCUT2D eigenvalue weighted by atomic mass is 16.5. The van der Waals surface area contributed by atoms with Crippen LogP contribution in [0.4, 0.5) is 0 Å². The number of pyridine rings is 1. The van der Waals surface area contributed by atoms with Gasteiger partial charge < -0.3 is 4.74 Å². The Balaban J connectivity index is 1.40. The quantitative estimate of drug-likeness (QED) is 0.505. The zero-order valence-corrected chi connectivity index (χ0v) is 19.8. The largest absolute Gasteiger partial charge is 0.464 e. The van der Waals surface area contributed by atoms with Crippen LogP contribution < -0.4 is 0 Å². The normalized spacial score (nSPS) is 19.4. The Morgan fingerprint density at radius 2 is 1.94 bits per heavy atom. The van der Waals surface area contributed by atoms with Crippen LogP contribution in [0.15, 0.2) is 47.6 Å². The molecule has 0 aliphatic heterocycles. The maximum atomic E-state index is 12.8. The summed E-state index contributed by atoms with van der Waals surface area (Å²) in [7, 11) is 0. The second-order valence-corrected chi connectivity index (χ2v) is 9.30. The summed E-state index contributed by atoms with van der Waals surface area (Å²) in [5, 5.41) is 0. The van der Waals surface area contributed by atoms with Crippen molar-refractivity contribution in [2.24, 2.45) is 10.4 Å². The number of ketones is 1. The molecule has 3 aromatic rings. The summed E-state index contributed by atoms with van der Waals surface area (Å²) in [5.41, 5.74) is 4.11. The highest BCUT2D eigenvalue weighted by Crippen LogP contribution is 2.47. The number of Topliss-reactive ketones (excluding diaryl/α,β-unsaturated/α-hetero) is 1. The molecule has 176 valence electrons. The van der Waals surface area contributed by atoms with Crippen LogP contribution in [0.3, 0.4) is 0 Å². The first-order valence-corrected chi connectivity index (χ1v) is 12.2. The summed E-state index contributed by atoms with van der Waals surface area (Å²) in [6, 6.07) is 11.3. The fourth-order valence-electron chi connectivity index (χ4n) is 5.38. The van der Waals surface area contributed by atoms with Crippen molar-refractivity contribution in [3.05, 3.63) is 54.0 Å². The lowest BCUT2D eigenvalue weighted by molar-refractivity contribution is -0.144. The number of fused-ring (bicyclic) bond motifs is 1. The Morgan fingerprint density at radius 1 is 1.18 bits per heavy atom. The molecule has 2 aromatic heterocycles. The highest BCUT2D eigenvalue weighted by Gasteiger charge is 2.52. The maximum Gasteiger partial charge on any atom is 0.331 e. The van der Waals surface area contributed by atoms with Gasteiger partial charge in [0, 0.05) is 30.4 Å². The van der Waals surface area contributed by atoms with Gasteiger partial charge in [-0.25, -0.2) is 14.8 Å². The van der Waals surface area contributed by atoms with E-state index in [9.17, 15) is 9.59 Å². The van der Waals surface area contributed by atoms with Gasteiger partial charge in [-0.3, -0.25) is 14.4 Å². The number of imidazole rings is 1. The summed E-state index contributed by atoms with van der Waals surface area (Å²) < 4.78 is 7.37. The van der Waals surface area contributed by atoms with Gasteiger partial charge in [0.25, 0.3) is 0 Å². The number of nitrogens with zero attached hydrogens (tertiary/aromatic N) is 4. The number of aliphatic imine (C=N–C) groups is 1. The molecule has 1 spiro atoms. The van der Waals surface area contributed by atoms with Crippen molar-refractivity contribution in [1.82, 2.24) is 14.5 Å². The first kappa shape index (κ1) is 22.4. The number of esters is 1. The Kier molecular flexibility index (Phi) is 6.02. The van der Waals surface area contributed by atoms with Gasteiger partial charge in [0.1, 0.15) is 17.1 Å². The van der Waals surface area contributed by atoms with Crippen molar-refractivity contribution in [3.8, 4) is 5.69 Å². The van der Waals surface area contributed by atoms with Gasteiger partial charge in [0.2, 0.25) is 0 Å². The van der Waals surface area contributed by atoms with Crippen molar-refractivity contribution >= 4 is 28.6 Å². The third-order valence-electron chi connectivity index (χ3n) is 7.20. The fraction of sp³-hybridized carbons (Fsp3) is 0.444. The summed E-state index contributed by atoms with van der Waals surface area (Å²) >= 11 is 0. The molecule has 0 radical (unpaired) electrons. The molecule has 5 rings (SSSR count). The van der Waals surface area contributed by atoms with Crippen LogP contribution in [-0.4, -0.2) is 44.6 Å². The molecule has 0 saturated heterocycles. The fourth-order valence-corrected chi connectivity index (χ4v) is 5.38. The Morgan fingerprint density at radius 3 is 2.65 bits per heavy atom. The Labute approximate surface area is 199 Å². The molecule has 2 saturated carbocycles. The molecule has 2 aliphatic rings. The average molecular weight is 459 g/mol. The van der Waals surface area contributed by atoms with Crippen LogP contribution in [0, 0.1) is 12.3 Å². The van der Waals surface area contributed by atoms with Crippen LogP contribution in [0.1, 0.15) is 56.8 Å². The smallest absolute Gasteiger partial charge is 0.331 e. The number of carbonyl (C=O) groups is 2. The number of hydrogen-bond donors (Lipinski definition) is 0. The van der Waals surface area contributed by atoms with Crippen LogP contribution in [0.5, 0.6) is 0 Å². The predicted octanol–water partition coefficient (Wildman–Crippen LogP) is 4.57. The third-order valence-corrected chi connectivity index (χ3v) is 7.20. The van der Waals surface area contributed by atoms with Crippen LogP contribution in [0.25, 0.3) is 16.9 Å². The van der Waals surface area contributed by atoms with E-state index in [1.165, 1.54) is 0 Å². The third kappa shape index (κ3) is 3.93. The molecule has 1 aromatic carbocycles. The van der Waals surface area contributed by atoms with Crippen LogP contribution in [-0.2, 0) is 20.7 Å². The number of hydrogen-bond acceptors (Lipinski definition) is 6. The lowest BCUT2D eigenvalue weighted by Gasteiger charge is -2.44. The summed E-state index contributed by atoms with van der Waals surface area (Å²) in [6.07, 6.45) is 7.56. The standard InChI is InChI=1S/C27H30N4O3/c1-3-34-26(33)22(30-23-17-24(32)27(23)13-5-4-6-14-27)16-19-9-11-20(12-10-19)31-18(2)29-21-8-7-15-28-25(21)31/h7-12,15,22H,3-6,13-14,16-17H2,1-2H3/t22-/m0/s1. The minimum atomic E-state index is -0.634. The van der Waals surface area contributed by atoms with E-state index < -0.39 is 11.5 Å². The van der Waals surface area contributed by atoms with Crippen LogP contribution >= 0.6 is 0 Å². The van der Waals surface area contributed by atoms with E-state index in [1.54, 1.807) is 13.1 Å². The lowest BCUT2D eigenvalue weighted by Crippen LogP contribution is -2.52. The molecular weight excluding hydrogens is 428 g/mol. The zero-order chi connectivity index (χ0) is 23.7. The number of benzene rings is 1. The highest BCUT2D eigenvalue weighted by molar-refractivity contribution is 6.27. The first-order valence-electron chi connectivity index (χ1n) is 12.2. The van der Waals surface area contributed by atoms with E-state index in [0.717, 1.165) is 66.1 Å². The Bertz CT molecular complexity index is 1250. The number of aryl methyl sites for hydroxylation is 1. The number of ether oxygens (including phenoxy) is 1. The van der Waals surface area contributed by atoms with Crippen molar-refractivity contribution < 1.29 is 14.3 Å². The second kappa shape index (κ2) is 9.12.